The van der Waals surface area contributed by atoms with Gasteiger partial charge in [0.25, 0.3) is 11.8 Å². The number of piperidine rings is 1. The molecule has 1 fully saturated rings. The first-order valence-electron chi connectivity index (χ1n) is 12.3. The number of aliphatic hydroxyl groups is 1. The fraction of sp³-hybridized carbons (Fsp3) is 0.385. The van der Waals surface area contributed by atoms with Crippen molar-refractivity contribution in [1.29, 1.82) is 0 Å². The quantitative estimate of drug-likeness (QED) is 0.301. The van der Waals surface area contributed by atoms with Gasteiger partial charge in [-0.05, 0) is 68.2 Å². The Labute approximate surface area is 224 Å². The van der Waals surface area contributed by atoms with Crippen molar-refractivity contribution in [3.8, 4) is 0 Å². The lowest BCUT2D eigenvalue weighted by molar-refractivity contribution is -0.131. The Kier molecular flexibility index (Phi) is 8.60. The van der Waals surface area contributed by atoms with Crippen molar-refractivity contribution in [3.05, 3.63) is 64.4 Å². The van der Waals surface area contributed by atoms with Gasteiger partial charge in [-0.25, -0.2) is 4.39 Å². The number of carbonyl (C=O) groups excluding carboxylic acids is 3. The molecule has 3 atom stereocenters. The summed E-state index contributed by atoms with van der Waals surface area (Å²) in [6.45, 7) is 2.66. The fourth-order valence-corrected chi connectivity index (χ4v) is 5.04. The summed E-state index contributed by atoms with van der Waals surface area (Å²) in [5, 5.41) is 18.1. The first kappa shape index (κ1) is 27.5. The highest BCUT2D eigenvalue weighted by Crippen LogP contribution is 2.31. The van der Waals surface area contributed by atoms with Crippen LogP contribution < -0.4 is 21.7 Å². The van der Waals surface area contributed by atoms with Crippen LogP contribution in [0.2, 0.25) is 5.02 Å². The number of halogens is 2. The zero-order chi connectivity index (χ0) is 27.3. The Morgan fingerprint density at radius 2 is 2.00 bits per heavy atom. The number of rotatable bonds is 9. The summed E-state index contributed by atoms with van der Waals surface area (Å²) in [5.41, 5.74) is 5.05. The van der Waals surface area contributed by atoms with Crippen molar-refractivity contribution in [1.82, 2.24) is 15.5 Å². The maximum Gasteiger partial charge on any atom is 0.257 e. The first-order valence-corrected chi connectivity index (χ1v) is 12.7. The van der Waals surface area contributed by atoms with Crippen molar-refractivity contribution in [2.24, 2.45) is 10.7 Å². The molecule has 2 aromatic rings. The minimum absolute atomic E-state index is 0.0264. The first-order chi connectivity index (χ1) is 18.2. The highest BCUT2D eigenvalue weighted by molar-refractivity contribution is 6.34. The number of aliphatic imine (C=N–C) groups is 1. The smallest absolute Gasteiger partial charge is 0.257 e. The molecule has 3 amide bonds. The molecule has 2 aromatic carbocycles. The van der Waals surface area contributed by atoms with E-state index in [1.165, 1.54) is 12.4 Å². The second-order valence-corrected chi connectivity index (χ2v) is 9.80. The van der Waals surface area contributed by atoms with Gasteiger partial charge < -0.3 is 31.7 Å². The average molecular weight is 545 g/mol. The topological polar surface area (TPSA) is 149 Å². The van der Waals surface area contributed by atoms with Gasteiger partial charge in [0.15, 0.2) is 11.6 Å². The van der Waals surface area contributed by atoms with E-state index in [9.17, 15) is 23.9 Å². The summed E-state index contributed by atoms with van der Waals surface area (Å²) in [5.74, 6) is -2.33. The highest BCUT2D eigenvalue weighted by atomic mass is 35.5. The van der Waals surface area contributed by atoms with Crippen LogP contribution in [0.3, 0.4) is 0 Å². The van der Waals surface area contributed by atoms with Crippen LogP contribution in [0, 0.1) is 5.82 Å². The minimum Gasteiger partial charge on any atom is -0.392 e. The monoisotopic (exact) mass is 544 g/mol. The summed E-state index contributed by atoms with van der Waals surface area (Å²) in [7, 11) is 0. The predicted octanol–water partition coefficient (Wildman–Crippen LogP) is 1.38. The van der Waals surface area contributed by atoms with E-state index in [-0.39, 0.29) is 16.7 Å². The van der Waals surface area contributed by atoms with Crippen LogP contribution in [0.4, 0.5) is 10.1 Å². The third-order valence-corrected chi connectivity index (χ3v) is 7.08. The van der Waals surface area contributed by atoms with Crippen LogP contribution in [0.1, 0.15) is 35.2 Å². The number of carbonyl (C=O) groups is 3. The summed E-state index contributed by atoms with van der Waals surface area (Å²) in [4.78, 5) is 44.6. The van der Waals surface area contributed by atoms with E-state index in [1.807, 2.05) is 0 Å². The third-order valence-electron chi connectivity index (χ3n) is 6.77. The van der Waals surface area contributed by atoms with Gasteiger partial charge in [-0.1, -0.05) is 23.7 Å². The van der Waals surface area contributed by atoms with Gasteiger partial charge >= 0.3 is 0 Å². The number of hydrogen-bond acceptors (Lipinski definition) is 7. The van der Waals surface area contributed by atoms with Crippen molar-refractivity contribution >= 4 is 41.3 Å². The van der Waals surface area contributed by atoms with Gasteiger partial charge in [0.05, 0.1) is 23.0 Å². The zero-order valence-corrected chi connectivity index (χ0v) is 21.4. The molecular formula is C26H30ClFN6O4. The maximum absolute atomic E-state index is 13.3. The molecule has 2 aliphatic rings. The van der Waals surface area contributed by atoms with E-state index in [1.54, 1.807) is 24.3 Å². The molecular weight excluding hydrogens is 515 g/mol. The maximum atomic E-state index is 13.3. The van der Waals surface area contributed by atoms with E-state index in [0.717, 1.165) is 38.1 Å². The summed E-state index contributed by atoms with van der Waals surface area (Å²) >= 11 is 5.97. The normalized spacial score (nSPS) is 23.0. The Balaban J connectivity index is 1.40. The minimum atomic E-state index is -1.61. The number of hydrogen-bond donors (Lipinski definition) is 5. The Hall–Kier alpha value is -3.54. The number of nitrogens with zero attached hydrogens (tertiary/aromatic N) is 2. The summed E-state index contributed by atoms with van der Waals surface area (Å²) in [6, 6.07) is 8.57. The van der Waals surface area contributed by atoms with Crippen molar-refractivity contribution < 1.29 is 23.9 Å². The molecule has 1 saturated heterocycles. The lowest BCUT2D eigenvalue weighted by Gasteiger charge is -2.31. The second kappa shape index (κ2) is 11.9. The summed E-state index contributed by atoms with van der Waals surface area (Å²) < 4.78 is 13.3. The Bertz CT molecular complexity index is 1230. The molecule has 0 bridgehead atoms. The number of benzene rings is 2. The zero-order valence-electron chi connectivity index (χ0n) is 20.6. The number of nitrogens with two attached hydrogens (primary N) is 1. The van der Waals surface area contributed by atoms with Crippen LogP contribution in [-0.4, -0.2) is 72.4 Å². The lowest BCUT2D eigenvalue weighted by atomic mass is 9.82. The predicted molar refractivity (Wildman–Crippen MR) is 141 cm³/mol. The lowest BCUT2D eigenvalue weighted by Crippen LogP contribution is -2.60. The number of amides is 3. The molecule has 2 heterocycles. The van der Waals surface area contributed by atoms with E-state index in [4.69, 9.17) is 17.3 Å². The number of likely N-dealkylation sites (tertiary alicyclic amines) is 1. The Morgan fingerprint density at radius 1 is 1.24 bits per heavy atom. The number of aliphatic hydroxyl groups excluding tert-OH is 1. The van der Waals surface area contributed by atoms with Crippen LogP contribution in [-0.2, 0) is 15.1 Å². The van der Waals surface area contributed by atoms with E-state index < -0.39 is 35.1 Å². The molecule has 4 rings (SSSR count). The van der Waals surface area contributed by atoms with Gasteiger partial charge in [0.1, 0.15) is 5.82 Å². The molecule has 202 valence electrons. The molecule has 3 unspecified atom stereocenters. The average Bonchev–Trinajstić information content (AvgIpc) is 3.33. The number of β-amino-alcohol motifs (C(OH)–C–C–N with tert-alkyl or cyclic N) is 1. The molecule has 6 N–H and O–H groups in total. The van der Waals surface area contributed by atoms with Crippen molar-refractivity contribution in [3.63, 3.8) is 0 Å². The number of primary amides is 1. The second-order valence-electron chi connectivity index (χ2n) is 9.39. The molecule has 0 saturated carbocycles. The third kappa shape index (κ3) is 5.95. The van der Waals surface area contributed by atoms with Crippen molar-refractivity contribution in [2.45, 2.75) is 36.9 Å². The largest absolute Gasteiger partial charge is 0.392 e. The van der Waals surface area contributed by atoms with Gasteiger partial charge in [-0.2, -0.15) is 0 Å². The molecule has 12 heteroatoms. The number of nitrogens with one attached hydrogen (secondary N) is 3. The molecule has 38 heavy (non-hydrogen) atoms. The molecule has 0 radical (unpaired) electrons. The van der Waals surface area contributed by atoms with Gasteiger partial charge in [0.2, 0.25) is 5.91 Å². The summed E-state index contributed by atoms with van der Waals surface area (Å²) in [6.07, 6.45) is 3.41. The van der Waals surface area contributed by atoms with Crippen molar-refractivity contribution in [2.75, 3.05) is 31.5 Å². The standard InChI is InChI=1S/C26H30ClFN6O4/c27-21-13-17(28)6-9-20(21)23(36)33-18-7-4-16(5-8-18)26(25(29)38)22(31-15-32-26)24(37)30-10-2-12-34-11-1-3-19(35)14-34/h4-9,13,15,19,22,35H,1-3,10-12,14H2,(H2,29,38)(H,30,37)(H,31,32)(H,33,36). The molecule has 2 aliphatic heterocycles. The molecule has 10 nitrogen and oxygen atoms in total. The molecule has 0 aromatic heterocycles. The van der Waals surface area contributed by atoms with E-state index in [0.29, 0.717) is 30.8 Å². The molecule has 0 spiro atoms. The highest BCUT2D eigenvalue weighted by Gasteiger charge is 2.52. The fourth-order valence-electron chi connectivity index (χ4n) is 4.79. The van der Waals surface area contributed by atoms with Crippen LogP contribution >= 0.6 is 11.6 Å². The van der Waals surface area contributed by atoms with Gasteiger partial charge in [-0.15, -0.1) is 0 Å². The molecule has 0 aliphatic carbocycles. The van der Waals surface area contributed by atoms with Gasteiger partial charge in [-0.3, -0.25) is 19.4 Å². The number of anilines is 1. The van der Waals surface area contributed by atoms with Crippen LogP contribution in [0.25, 0.3) is 0 Å². The van der Waals surface area contributed by atoms with E-state index >= 15 is 0 Å². The Morgan fingerprint density at radius 3 is 2.68 bits per heavy atom. The van der Waals surface area contributed by atoms with Crippen LogP contribution in [0.15, 0.2) is 47.5 Å². The van der Waals surface area contributed by atoms with Gasteiger partial charge in [0, 0.05) is 18.8 Å². The SMILES string of the molecule is NC(=O)C1(c2ccc(NC(=O)c3ccc(F)cc3Cl)cc2)NC=NC1C(=O)NCCCN1CCCC(O)C1. The van der Waals surface area contributed by atoms with E-state index in [2.05, 4.69) is 25.8 Å². The van der Waals surface area contributed by atoms with Crippen LogP contribution in [0.5, 0.6) is 0 Å².